The summed E-state index contributed by atoms with van der Waals surface area (Å²) < 4.78 is 11.0. The summed E-state index contributed by atoms with van der Waals surface area (Å²) in [6.07, 6.45) is 0. The Bertz CT molecular complexity index is 804. The van der Waals surface area contributed by atoms with Crippen molar-refractivity contribution in [2.75, 3.05) is 0 Å². The van der Waals surface area contributed by atoms with Crippen molar-refractivity contribution in [3.8, 4) is 0 Å². The fraction of sp³-hybridized carbons (Fsp3) is 0.167. The SMILES string of the molecule is Cc1c(COCc2ccccc2)c(=O)oc2ccccc12. The largest absolute Gasteiger partial charge is 0.422 e. The quantitative estimate of drug-likeness (QED) is 0.682. The van der Waals surface area contributed by atoms with Crippen LogP contribution in [0.4, 0.5) is 0 Å². The predicted octanol–water partition coefficient (Wildman–Crippen LogP) is 3.82. The molecule has 0 spiro atoms. The molecule has 0 bridgehead atoms. The molecule has 0 atom stereocenters. The first kappa shape index (κ1) is 13.6. The molecule has 3 heteroatoms. The Labute approximate surface area is 122 Å². The second-order valence-corrected chi connectivity index (χ2v) is 4.97. The van der Waals surface area contributed by atoms with Crippen molar-refractivity contribution in [2.45, 2.75) is 20.1 Å². The summed E-state index contributed by atoms with van der Waals surface area (Å²) in [6.45, 7) is 2.67. The molecule has 1 aromatic heterocycles. The van der Waals surface area contributed by atoms with Gasteiger partial charge >= 0.3 is 5.63 Å². The van der Waals surface area contributed by atoms with E-state index in [2.05, 4.69) is 0 Å². The standard InChI is InChI=1S/C18H16O3/c1-13-15-9-5-6-10-17(15)21-18(19)16(13)12-20-11-14-7-3-2-4-8-14/h2-10H,11-12H2,1H3. The highest BCUT2D eigenvalue weighted by Gasteiger charge is 2.10. The van der Waals surface area contributed by atoms with Gasteiger partial charge < -0.3 is 9.15 Å². The van der Waals surface area contributed by atoms with Crippen molar-refractivity contribution >= 4 is 11.0 Å². The molecule has 3 rings (SSSR count). The summed E-state index contributed by atoms with van der Waals surface area (Å²) in [5.41, 5.74) is 2.89. The van der Waals surface area contributed by atoms with Crippen molar-refractivity contribution in [3.05, 3.63) is 81.7 Å². The van der Waals surface area contributed by atoms with Gasteiger partial charge in [0.15, 0.2) is 0 Å². The summed E-state index contributed by atoms with van der Waals surface area (Å²) >= 11 is 0. The van der Waals surface area contributed by atoms with E-state index in [1.54, 1.807) is 6.07 Å². The molecule has 0 N–H and O–H groups in total. The smallest absolute Gasteiger partial charge is 0.342 e. The van der Waals surface area contributed by atoms with Crippen LogP contribution in [-0.2, 0) is 18.0 Å². The maximum Gasteiger partial charge on any atom is 0.342 e. The van der Waals surface area contributed by atoms with Crippen molar-refractivity contribution in [2.24, 2.45) is 0 Å². The number of ether oxygens (including phenoxy) is 1. The van der Waals surface area contributed by atoms with Crippen LogP contribution in [0.1, 0.15) is 16.7 Å². The summed E-state index contributed by atoms with van der Waals surface area (Å²) in [5, 5.41) is 0.954. The van der Waals surface area contributed by atoms with Gasteiger partial charge in [0.25, 0.3) is 0 Å². The van der Waals surface area contributed by atoms with Crippen molar-refractivity contribution in [1.82, 2.24) is 0 Å². The summed E-state index contributed by atoms with van der Waals surface area (Å²) in [7, 11) is 0. The van der Waals surface area contributed by atoms with Gasteiger partial charge in [-0.15, -0.1) is 0 Å². The topological polar surface area (TPSA) is 39.4 Å². The van der Waals surface area contributed by atoms with E-state index in [1.807, 2.05) is 55.5 Å². The van der Waals surface area contributed by atoms with Crippen LogP contribution in [0.5, 0.6) is 0 Å². The zero-order valence-electron chi connectivity index (χ0n) is 11.8. The molecule has 3 nitrogen and oxygen atoms in total. The highest BCUT2D eigenvalue weighted by molar-refractivity contribution is 5.80. The summed E-state index contributed by atoms with van der Waals surface area (Å²) in [4.78, 5) is 12.0. The van der Waals surface area contributed by atoms with Crippen LogP contribution < -0.4 is 5.63 Å². The lowest BCUT2D eigenvalue weighted by Crippen LogP contribution is -2.11. The molecule has 0 aliphatic carbocycles. The average Bonchev–Trinajstić information content (AvgIpc) is 2.51. The number of rotatable bonds is 4. The monoisotopic (exact) mass is 280 g/mol. The zero-order chi connectivity index (χ0) is 14.7. The predicted molar refractivity (Wildman–Crippen MR) is 82.2 cm³/mol. The van der Waals surface area contributed by atoms with Gasteiger partial charge in [0, 0.05) is 5.39 Å². The maximum atomic E-state index is 12.0. The normalized spacial score (nSPS) is 10.9. The van der Waals surface area contributed by atoms with Crippen LogP contribution in [0.25, 0.3) is 11.0 Å². The molecule has 0 aliphatic rings. The Hall–Kier alpha value is -2.39. The van der Waals surface area contributed by atoms with E-state index in [-0.39, 0.29) is 12.2 Å². The van der Waals surface area contributed by atoms with Crippen LogP contribution >= 0.6 is 0 Å². The van der Waals surface area contributed by atoms with Crippen LogP contribution in [0.3, 0.4) is 0 Å². The molecule has 106 valence electrons. The molecule has 0 saturated carbocycles. The fourth-order valence-electron chi connectivity index (χ4n) is 2.35. The maximum absolute atomic E-state index is 12.0. The number of para-hydroxylation sites is 1. The Balaban J connectivity index is 1.82. The van der Waals surface area contributed by atoms with E-state index < -0.39 is 0 Å². The number of fused-ring (bicyclic) bond motifs is 1. The molecule has 2 aromatic carbocycles. The second-order valence-electron chi connectivity index (χ2n) is 4.97. The van der Waals surface area contributed by atoms with E-state index in [9.17, 15) is 4.79 Å². The fourth-order valence-corrected chi connectivity index (χ4v) is 2.35. The number of benzene rings is 2. The third kappa shape index (κ3) is 2.88. The molecule has 1 heterocycles. The lowest BCUT2D eigenvalue weighted by Gasteiger charge is -2.08. The number of aryl methyl sites for hydroxylation is 1. The van der Waals surface area contributed by atoms with Gasteiger partial charge in [0.1, 0.15) is 5.58 Å². The molecule has 21 heavy (non-hydrogen) atoms. The molecule has 0 fully saturated rings. The van der Waals surface area contributed by atoms with Crippen molar-refractivity contribution in [1.29, 1.82) is 0 Å². The third-order valence-electron chi connectivity index (χ3n) is 3.55. The highest BCUT2D eigenvalue weighted by Crippen LogP contribution is 2.19. The molecule has 0 unspecified atom stereocenters. The van der Waals surface area contributed by atoms with Crippen LogP contribution in [-0.4, -0.2) is 0 Å². The van der Waals surface area contributed by atoms with E-state index >= 15 is 0 Å². The van der Waals surface area contributed by atoms with Gasteiger partial charge in [-0.05, 0) is 24.1 Å². The highest BCUT2D eigenvalue weighted by atomic mass is 16.5. The Kier molecular flexibility index (Phi) is 3.84. The summed E-state index contributed by atoms with van der Waals surface area (Å²) in [5.74, 6) is 0. The van der Waals surface area contributed by atoms with Gasteiger partial charge in [-0.1, -0.05) is 48.5 Å². The molecular weight excluding hydrogens is 264 g/mol. The number of hydrogen-bond donors (Lipinski definition) is 0. The van der Waals surface area contributed by atoms with Crippen LogP contribution in [0, 0.1) is 6.92 Å². The second kappa shape index (κ2) is 5.94. The van der Waals surface area contributed by atoms with Crippen molar-refractivity contribution in [3.63, 3.8) is 0 Å². The molecule has 0 aliphatic heterocycles. The van der Waals surface area contributed by atoms with Crippen LogP contribution in [0.15, 0.2) is 63.8 Å². The lowest BCUT2D eigenvalue weighted by atomic mass is 10.1. The Morgan fingerprint density at radius 2 is 1.67 bits per heavy atom. The van der Waals surface area contributed by atoms with Gasteiger partial charge in [0.05, 0.1) is 18.8 Å². The van der Waals surface area contributed by atoms with E-state index in [0.717, 1.165) is 16.5 Å². The minimum Gasteiger partial charge on any atom is -0.422 e. The van der Waals surface area contributed by atoms with E-state index in [0.29, 0.717) is 17.8 Å². The minimum atomic E-state index is -0.320. The van der Waals surface area contributed by atoms with E-state index in [4.69, 9.17) is 9.15 Å². The van der Waals surface area contributed by atoms with Crippen molar-refractivity contribution < 1.29 is 9.15 Å². The van der Waals surface area contributed by atoms with E-state index in [1.165, 1.54) is 0 Å². The Morgan fingerprint density at radius 1 is 0.952 bits per heavy atom. The Morgan fingerprint density at radius 3 is 2.48 bits per heavy atom. The average molecular weight is 280 g/mol. The van der Waals surface area contributed by atoms with Gasteiger partial charge in [-0.25, -0.2) is 4.79 Å². The first-order chi connectivity index (χ1) is 10.3. The molecule has 3 aromatic rings. The van der Waals surface area contributed by atoms with Crippen LogP contribution in [0.2, 0.25) is 0 Å². The first-order valence-corrected chi connectivity index (χ1v) is 6.88. The van der Waals surface area contributed by atoms with Gasteiger partial charge in [-0.3, -0.25) is 0 Å². The van der Waals surface area contributed by atoms with Gasteiger partial charge in [0.2, 0.25) is 0 Å². The first-order valence-electron chi connectivity index (χ1n) is 6.88. The molecule has 0 radical (unpaired) electrons. The zero-order valence-corrected chi connectivity index (χ0v) is 11.8. The molecule has 0 saturated heterocycles. The van der Waals surface area contributed by atoms with Gasteiger partial charge in [-0.2, -0.15) is 0 Å². The molecule has 0 amide bonds. The third-order valence-corrected chi connectivity index (χ3v) is 3.55. The summed E-state index contributed by atoms with van der Waals surface area (Å²) in [6, 6.07) is 17.4. The lowest BCUT2D eigenvalue weighted by molar-refractivity contribution is 0.105. The molecular formula is C18H16O3. The number of hydrogen-bond acceptors (Lipinski definition) is 3. The minimum absolute atomic E-state index is 0.258.